The third-order valence-electron chi connectivity index (χ3n) is 8.04. The smallest absolute Gasteiger partial charge is 0.201 e. The predicted molar refractivity (Wildman–Crippen MR) is 149 cm³/mol. The molecule has 200 valence electrons. The molecule has 0 radical (unpaired) electrons. The molecule has 0 aromatic heterocycles. The molecule has 0 atom stereocenters. The first kappa shape index (κ1) is 28.7. The van der Waals surface area contributed by atoms with Gasteiger partial charge in [0.25, 0.3) is 0 Å². The SMILES string of the molecule is CCCCCCCc1ccc(-c2ccc(OC[C@H]3CC[C@H](CCCCCCC)CC3)c(F)c2F)cc1. The Morgan fingerprint density at radius 2 is 1.28 bits per heavy atom. The molecule has 0 unspecified atom stereocenters. The quantitative estimate of drug-likeness (QED) is 0.209. The number of hydrogen-bond donors (Lipinski definition) is 0. The number of benzene rings is 2. The van der Waals surface area contributed by atoms with E-state index in [4.69, 9.17) is 4.74 Å². The number of hydrogen-bond acceptors (Lipinski definition) is 1. The maximum atomic E-state index is 14.9. The highest BCUT2D eigenvalue weighted by Crippen LogP contribution is 2.34. The van der Waals surface area contributed by atoms with E-state index in [1.807, 2.05) is 24.3 Å². The first-order valence-electron chi connectivity index (χ1n) is 14.8. The first-order chi connectivity index (χ1) is 17.6. The molecular weight excluding hydrogens is 450 g/mol. The molecule has 1 nitrogen and oxygen atoms in total. The third kappa shape index (κ3) is 9.20. The fraction of sp³-hybridized carbons (Fsp3) is 0.636. The Kier molecular flexibility index (Phi) is 12.8. The van der Waals surface area contributed by atoms with E-state index < -0.39 is 11.6 Å². The topological polar surface area (TPSA) is 9.23 Å². The average molecular weight is 499 g/mol. The minimum absolute atomic E-state index is 0.0398. The molecule has 1 fully saturated rings. The molecule has 3 rings (SSSR count). The molecule has 0 bridgehead atoms. The molecule has 0 heterocycles. The summed E-state index contributed by atoms with van der Waals surface area (Å²) < 4.78 is 35.6. The molecule has 0 N–H and O–H groups in total. The van der Waals surface area contributed by atoms with Crippen LogP contribution in [0.1, 0.15) is 116 Å². The van der Waals surface area contributed by atoms with E-state index in [-0.39, 0.29) is 5.75 Å². The van der Waals surface area contributed by atoms with Crippen molar-refractivity contribution in [2.24, 2.45) is 11.8 Å². The monoisotopic (exact) mass is 498 g/mol. The van der Waals surface area contributed by atoms with Gasteiger partial charge in [-0.2, -0.15) is 4.39 Å². The van der Waals surface area contributed by atoms with Crippen molar-refractivity contribution in [1.29, 1.82) is 0 Å². The summed E-state index contributed by atoms with van der Waals surface area (Å²) >= 11 is 0. The Morgan fingerprint density at radius 1 is 0.667 bits per heavy atom. The average Bonchev–Trinajstić information content (AvgIpc) is 2.90. The van der Waals surface area contributed by atoms with Crippen LogP contribution in [0.4, 0.5) is 8.78 Å². The van der Waals surface area contributed by atoms with Crippen molar-refractivity contribution in [3.05, 3.63) is 53.6 Å². The van der Waals surface area contributed by atoms with E-state index in [2.05, 4.69) is 13.8 Å². The number of aryl methyl sites for hydroxylation is 1. The van der Waals surface area contributed by atoms with Crippen LogP contribution in [0.25, 0.3) is 11.1 Å². The van der Waals surface area contributed by atoms with Crippen molar-refractivity contribution in [1.82, 2.24) is 0 Å². The van der Waals surface area contributed by atoms with E-state index in [9.17, 15) is 8.78 Å². The molecule has 36 heavy (non-hydrogen) atoms. The highest BCUT2D eigenvalue weighted by molar-refractivity contribution is 5.65. The molecule has 0 amide bonds. The van der Waals surface area contributed by atoms with Crippen LogP contribution in [0.5, 0.6) is 5.75 Å². The fourth-order valence-corrected chi connectivity index (χ4v) is 5.58. The molecule has 1 aliphatic rings. The lowest BCUT2D eigenvalue weighted by atomic mass is 9.80. The van der Waals surface area contributed by atoms with Gasteiger partial charge in [0.05, 0.1) is 6.61 Å². The molecule has 2 aromatic carbocycles. The van der Waals surface area contributed by atoms with Crippen LogP contribution >= 0.6 is 0 Å². The summed E-state index contributed by atoms with van der Waals surface area (Å²) in [6.45, 7) is 4.96. The summed E-state index contributed by atoms with van der Waals surface area (Å²) in [6, 6.07) is 11.1. The lowest BCUT2D eigenvalue weighted by Gasteiger charge is -2.28. The Balaban J connectivity index is 1.44. The Hall–Kier alpha value is -1.90. The van der Waals surface area contributed by atoms with Crippen molar-refractivity contribution in [3.63, 3.8) is 0 Å². The van der Waals surface area contributed by atoms with Crippen LogP contribution in [-0.2, 0) is 6.42 Å². The van der Waals surface area contributed by atoms with Gasteiger partial charge in [-0.3, -0.25) is 0 Å². The Bertz CT molecular complexity index is 868. The second-order valence-electron chi connectivity index (χ2n) is 11.0. The van der Waals surface area contributed by atoms with Crippen molar-refractivity contribution in [2.75, 3.05) is 6.61 Å². The van der Waals surface area contributed by atoms with E-state index in [0.717, 1.165) is 25.2 Å². The van der Waals surface area contributed by atoms with Gasteiger partial charge < -0.3 is 4.74 Å². The van der Waals surface area contributed by atoms with E-state index >= 15 is 0 Å². The molecule has 1 saturated carbocycles. The van der Waals surface area contributed by atoms with Gasteiger partial charge in [0.15, 0.2) is 11.6 Å². The summed E-state index contributed by atoms with van der Waals surface area (Å²) in [5.74, 6) is -0.361. The second kappa shape index (κ2) is 16.0. The van der Waals surface area contributed by atoms with Crippen LogP contribution in [0, 0.1) is 23.5 Å². The zero-order valence-electron chi connectivity index (χ0n) is 22.8. The number of rotatable bonds is 16. The summed E-state index contributed by atoms with van der Waals surface area (Å²) in [5, 5.41) is 0. The predicted octanol–water partition coefficient (Wildman–Crippen LogP) is 10.7. The van der Waals surface area contributed by atoms with Crippen LogP contribution in [0.15, 0.2) is 36.4 Å². The summed E-state index contributed by atoms with van der Waals surface area (Å²) in [5.41, 5.74) is 2.26. The van der Waals surface area contributed by atoms with E-state index in [1.165, 1.54) is 89.0 Å². The van der Waals surface area contributed by atoms with Crippen LogP contribution in [0.3, 0.4) is 0 Å². The normalized spacial score (nSPS) is 17.9. The summed E-state index contributed by atoms with van der Waals surface area (Å²) in [4.78, 5) is 0. The van der Waals surface area contributed by atoms with Crippen LogP contribution in [-0.4, -0.2) is 6.61 Å². The highest BCUT2D eigenvalue weighted by atomic mass is 19.2. The molecule has 0 spiro atoms. The largest absolute Gasteiger partial charge is 0.490 e. The van der Waals surface area contributed by atoms with Crippen LogP contribution in [0.2, 0.25) is 0 Å². The summed E-state index contributed by atoms with van der Waals surface area (Å²) in [7, 11) is 0. The standard InChI is InChI=1S/C33H48F2O/c1-3-5-7-9-11-13-26-15-17-28(18-16-26)25-36-31-24-23-30(32(34)33(31)35)29-21-19-27(20-22-29)14-12-10-8-6-4-2/h19-24,26,28H,3-18,25H2,1-2H3/t26-,28-. The van der Waals surface area contributed by atoms with Gasteiger partial charge >= 0.3 is 0 Å². The fourth-order valence-electron chi connectivity index (χ4n) is 5.58. The van der Waals surface area contributed by atoms with Crippen molar-refractivity contribution >= 4 is 0 Å². The van der Waals surface area contributed by atoms with Gasteiger partial charge in [0.2, 0.25) is 5.82 Å². The molecule has 1 aliphatic carbocycles. The molecule has 0 saturated heterocycles. The molecule has 0 aliphatic heterocycles. The minimum Gasteiger partial charge on any atom is -0.490 e. The molecular formula is C33H48F2O. The summed E-state index contributed by atoms with van der Waals surface area (Å²) in [6.07, 6.45) is 20.1. The zero-order valence-corrected chi connectivity index (χ0v) is 22.8. The number of ether oxygens (including phenoxy) is 1. The first-order valence-corrected chi connectivity index (χ1v) is 14.8. The maximum Gasteiger partial charge on any atom is 0.201 e. The lowest BCUT2D eigenvalue weighted by molar-refractivity contribution is 0.172. The van der Waals surface area contributed by atoms with Gasteiger partial charge in [-0.15, -0.1) is 0 Å². The molecule has 3 heteroatoms. The highest BCUT2D eigenvalue weighted by Gasteiger charge is 2.23. The van der Waals surface area contributed by atoms with Crippen molar-refractivity contribution < 1.29 is 13.5 Å². The van der Waals surface area contributed by atoms with Gasteiger partial charge in [0.1, 0.15) is 0 Å². The van der Waals surface area contributed by atoms with Gasteiger partial charge in [-0.05, 0) is 60.8 Å². The second-order valence-corrected chi connectivity index (χ2v) is 11.0. The molecule has 2 aromatic rings. The minimum atomic E-state index is -0.867. The lowest BCUT2D eigenvalue weighted by Crippen LogP contribution is -2.20. The number of unbranched alkanes of at least 4 members (excludes halogenated alkanes) is 8. The van der Waals surface area contributed by atoms with Crippen molar-refractivity contribution in [2.45, 2.75) is 117 Å². The third-order valence-corrected chi connectivity index (χ3v) is 8.04. The van der Waals surface area contributed by atoms with Crippen LogP contribution < -0.4 is 4.74 Å². The zero-order chi connectivity index (χ0) is 25.6. The maximum absolute atomic E-state index is 14.9. The van der Waals surface area contributed by atoms with E-state index in [1.54, 1.807) is 12.1 Å². The number of halogens is 2. The van der Waals surface area contributed by atoms with Gasteiger partial charge in [0, 0.05) is 5.56 Å². The Morgan fingerprint density at radius 3 is 1.94 bits per heavy atom. The van der Waals surface area contributed by atoms with Gasteiger partial charge in [-0.1, -0.05) is 115 Å². The van der Waals surface area contributed by atoms with E-state index in [0.29, 0.717) is 23.7 Å². The Labute approximate surface area is 219 Å². The van der Waals surface area contributed by atoms with Crippen molar-refractivity contribution in [3.8, 4) is 16.9 Å². The van der Waals surface area contributed by atoms with Gasteiger partial charge in [-0.25, -0.2) is 4.39 Å².